The monoisotopic (exact) mass is 228 g/mol. The first-order chi connectivity index (χ1) is 6.97. The maximum atomic E-state index is 11.0. The van der Waals surface area contributed by atoms with Crippen LogP contribution in [0.2, 0.25) is 5.02 Å². The molecule has 0 saturated heterocycles. The lowest BCUT2D eigenvalue weighted by atomic mass is 9.92. The van der Waals surface area contributed by atoms with Gasteiger partial charge in [0.05, 0.1) is 10.9 Å². The van der Waals surface area contributed by atoms with E-state index in [1.807, 2.05) is 0 Å². The normalized spacial score (nSPS) is 12.5. The first kappa shape index (κ1) is 11.9. The number of hydrogen-bond donors (Lipinski definition) is 2. The number of hydrogen-bond acceptors (Lipinski definition) is 2. The van der Waals surface area contributed by atoms with E-state index in [1.54, 1.807) is 19.9 Å². The molecule has 4 heteroatoms. The van der Waals surface area contributed by atoms with Gasteiger partial charge in [-0.1, -0.05) is 18.5 Å². The van der Waals surface area contributed by atoms with Gasteiger partial charge in [0, 0.05) is 0 Å². The van der Waals surface area contributed by atoms with Gasteiger partial charge < -0.3 is 10.2 Å². The number of carbonyl (C=O) groups is 1. The van der Waals surface area contributed by atoms with Gasteiger partial charge >= 0.3 is 5.97 Å². The van der Waals surface area contributed by atoms with Crippen LogP contribution in [0.3, 0.4) is 0 Å². The highest BCUT2D eigenvalue weighted by Gasteiger charge is 2.20. The molecule has 0 heterocycles. The maximum Gasteiger partial charge on any atom is 0.310 e. The highest BCUT2D eigenvalue weighted by atomic mass is 35.5. The average molecular weight is 229 g/mol. The predicted molar refractivity (Wildman–Crippen MR) is 58.5 cm³/mol. The summed E-state index contributed by atoms with van der Waals surface area (Å²) < 4.78 is 0. The van der Waals surface area contributed by atoms with Crippen molar-refractivity contribution in [2.75, 3.05) is 0 Å². The van der Waals surface area contributed by atoms with Crippen molar-refractivity contribution in [3.05, 3.63) is 28.3 Å². The van der Waals surface area contributed by atoms with Gasteiger partial charge in [-0.05, 0) is 36.6 Å². The van der Waals surface area contributed by atoms with Crippen LogP contribution in [-0.4, -0.2) is 16.2 Å². The van der Waals surface area contributed by atoms with Crippen molar-refractivity contribution in [3.63, 3.8) is 0 Å². The molecule has 1 rings (SSSR count). The largest absolute Gasteiger partial charge is 0.506 e. The van der Waals surface area contributed by atoms with E-state index < -0.39 is 11.9 Å². The summed E-state index contributed by atoms with van der Waals surface area (Å²) >= 11 is 5.72. The summed E-state index contributed by atoms with van der Waals surface area (Å²) in [7, 11) is 0. The second-order valence-corrected chi connectivity index (χ2v) is 3.87. The molecule has 0 saturated carbocycles. The third-order valence-corrected chi connectivity index (χ3v) is 2.72. The quantitative estimate of drug-likeness (QED) is 0.836. The van der Waals surface area contributed by atoms with Gasteiger partial charge in [-0.25, -0.2) is 0 Å². The standard InChI is InChI=1S/C11H13ClO3/c1-3-7(11(14)15)8-5-10(13)9(12)4-6(8)2/h4-5,7,13H,3H2,1-2H3,(H,14,15). The number of halogens is 1. The maximum absolute atomic E-state index is 11.0. The Kier molecular flexibility index (Phi) is 3.58. The second-order valence-electron chi connectivity index (χ2n) is 3.46. The minimum atomic E-state index is -0.887. The molecule has 0 fully saturated rings. The van der Waals surface area contributed by atoms with Crippen LogP contribution < -0.4 is 0 Å². The van der Waals surface area contributed by atoms with E-state index in [0.717, 1.165) is 5.56 Å². The third kappa shape index (κ3) is 2.42. The van der Waals surface area contributed by atoms with Crippen LogP contribution in [0.15, 0.2) is 12.1 Å². The molecule has 0 aromatic heterocycles. The Morgan fingerprint density at radius 1 is 1.53 bits per heavy atom. The molecule has 1 atom stereocenters. The molecule has 1 aromatic rings. The Hall–Kier alpha value is -1.22. The van der Waals surface area contributed by atoms with Crippen molar-refractivity contribution in [2.24, 2.45) is 0 Å². The van der Waals surface area contributed by atoms with Crippen LogP contribution in [0, 0.1) is 6.92 Å². The summed E-state index contributed by atoms with van der Waals surface area (Å²) in [5.74, 6) is -1.55. The van der Waals surface area contributed by atoms with Gasteiger partial charge in [0.25, 0.3) is 0 Å². The number of aromatic hydroxyl groups is 1. The average Bonchev–Trinajstić information content (AvgIpc) is 2.14. The van der Waals surface area contributed by atoms with Gasteiger partial charge in [-0.3, -0.25) is 4.79 Å². The molecular formula is C11H13ClO3. The Bertz CT molecular complexity index is 388. The van der Waals surface area contributed by atoms with Crippen molar-refractivity contribution in [3.8, 4) is 5.75 Å². The third-order valence-electron chi connectivity index (χ3n) is 2.42. The van der Waals surface area contributed by atoms with Crippen LogP contribution >= 0.6 is 11.6 Å². The molecule has 0 bridgehead atoms. The van der Waals surface area contributed by atoms with Crippen molar-refractivity contribution in [1.29, 1.82) is 0 Å². The highest BCUT2D eigenvalue weighted by Crippen LogP contribution is 2.32. The van der Waals surface area contributed by atoms with Crippen LogP contribution in [0.1, 0.15) is 30.4 Å². The summed E-state index contributed by atoms with van der Waals surface area (Å²) in [6.45, 7) is 3.58. The number of aliphatic carboxylic acids is 1. The predicted octanol–water partition coefficient (Wildman–Crippen LogP) is 2.93. The van der Waals surface area contributed by atoms with Gasteiger partial charge in [-0.15, -0.1) is 0 Å². The van der Waals surface area contributed by atoms with Gasteiger partial charge in [0.15, 0.2) is 0 Å². The van der Waals surface area contributed by atoms with Crippen molar-refractivity contribution in [1.82, 2.24) is 0 Å². The zero-order valence-electron chi connectivity index (χ0n) is 8.62. The molecule has 1 aromatic carbocycles. The molecule has 0 amide bonds. The number of aryl methyl sites for hydroxylation is 1. The summed E-state index contributed by atoms with van der Waals surface area (Å²) in [5, 5.41) is 18.7. The molecule has 0 aliphatic heterocycles. The summed E-state index contributed by atoms with van der Waals surface area (Å²) in [6.07, 6.45) is 0.483. The topological polar surface area (TPSA) is 57.5 Å². The number of carboxylic acid groups (broad SMARTS) is 1. The van der Waals surface area contributed by atoms with E-state index in [2.05, 4.69) is 0 Å². The Labute approximate surface area is 93.3 Å². The zero-order valence-corrected chi connectivity index (χ0v) is 9.38. The lowest BCUT2D eigenvalue weighted by Crippen LogP contribution is -2.11. The van der Waals surface area contributed by atoms with E-state index in [-0.39, 0.29) is 10.8 Å². The molecule has 1 unspecified atom stereocenters. The summed E-state index contributed by atoms with van der Waals surface area (Å²) in [4.78, 5) is 11.0. The molecule has 0 aliphatic rings. The number of phenols is 1. The SMILES string of the molecule is CCC(C(=O)O)c1cc(O)c(Cl)cc1C. The fourth-order valence-electron chi connectivity index (χ4n) is 1.58. The number of benzene rings is 1. The molecule has 0 aliphatic carbocycles. The van der Waals surface area contributed by atoms with E-state index in [0.29, 0.717) is 12.0 Å². The summed E-state index contributed by atoms with van der Waals surface area (Å²) in [6, 6.07) is 3.01. The first-order valence-electron chi connectivity index (χ1n) is 4.69. The summed E-state index contributed by atoms with van der Waals surface area (Å²) in [5.41, 5.74) is 1.40. The molecule has 15 heavy (non-hydrogen) atoms. The lowest BCUT2D eigenvalue weighted by Gasteiger charge is -2.14. The van der Waals surface area contributed by atoms with Crippen LogP contribution in [0.4, 0.5) is 0 Å². The van der Waals surface area contributed by atoms with E-state index in [9.17, 15) is 9.90 Å². The van der Waals surface area contributed by atoms with Crippen molar-refractivity contribution in [2.45, 2.75) is 26.2 Å². The molecule has 82 valence electrons. The molecule has 3 nitrogen and oxygen atoms in total. The zero-order chi connectivity index (χ0) is 11.6. The first-order valence-corrected chi connectivity index (χ1v) is 5.07. The van der Waals surface area contributed by atoms with Gasteiger partial charge in [-0.2, -0.15) is 0 Å². The minimum absolute atomic E-state index is 0.0723. The fourth-order valence-corrected chi connectivity index (χ4v) is 1.80. The highest BCUT2D eigenvalue weighted by molar-refractivity contribution is 6.32. The number of rotatable bonds is 3. The van der Waals surface area contributed by atoms with E-state index in [1.165, 1.54) is 6.07 Å². The molecule has 0 spiro atoms. The van der Waals surface area contributed by atoms with Gasteiger partial charge in [0.1, 0.15) is 5.75 Å². The molecular weight excluding hydrogens is 216 g/mol. The lowest BCUT2D eigenvalue weighted by molar-refractivity contribution is -0.138. The minimum Gasteiger partial charge on any atom is -0.506 e. The Balaban J connectivity index is 3.24. The van der Waals surface area contributed by atoms with Crippen molar-refractivity contribution < 1.29 is 15.0 Å². The smallest absolute Gasteiger partial charge is 0.310 e. The molecule has 0 radical (unpaired) electrons. The van der Waals surface area contributed by atoms with Crippen LogP contribution in [0.25, 0.3) is 0 Å². The second kappa shape index (κ2) is 4.53. The molecule has 2 N–H and O–H groups in total. The van der Waals surface area contributed by atoms with E-state index >= 15 is 0 Å². The van der Waals surface area contributed by atoms with E-state index in [4.69, 9.17) is 16.7 Å². The van der Waals surface area contributed by atoms with Gasteiger partial charge in [0.2, 0.25) is 0 Å². The fraction of sp³-hybridized carbons (Fsp3) is 0.364. The number of carboxylic acids is 1. The number of phenolic OH excluding ortho intramolecular Hbond substituents is 1. The van der Waals surface area contributed by atoms with Crippen molar-refractivity contribution >= 4 is 17.6 Å². The Morgan fingerprint density at radius 2 is 2.13 bits per heavy atom. The van der Waals surface area contributed by atoms with Crippen LogP contribution in [0.5, 0.6) is 5.75 Å². The Morgan fingerprint density at radius 3 is 2.60 bits per heavy atom. The van der Waals surface area contributed by atoms with Crippen LogP contribution in [-0.2, 0) is 4.79 Å².